The molecule has 0 heterocycles. The van der Waals surface area contributed by atoms with Gasteiger partial charge in [0.25, 0.3) is 0 Å². The van der Waals surface area contributed by atoms with Crippen molar-refractivity contribution in [1.29, 1.82) is 0 Å². The first-order valence-electron chi connectivity index (χ1n) is 9.09. The second-order valence-corrected chi connectivity index (χ2v) is 6.86. The van der Waals surface area contributed by atoms with Crippen molar-refractivity contribution in [2.24, 2.45) is 5.10 Å². The van der Waals surface area contributed by atoms with Crippen LogP contribution in [0.15, 0.2) is 47.6 Å². The van der Waals surface area contributed by atoms with Gasteiger partial charge < -0.3 is 14.8 Å². The minimum absolute atomic E-state index is 0.00419. The Morgan fingerprint density at radius 3 is 2.45 bits per heavy atom. The molecule has 154 valence electrons. The van der Waals surface area contributed by atoms with E-state index in [9.17, 15) is 9.59 Å². The molecule has 0 fully saturated rings. The standard InChI is InChI=1S/C21H24ClN3O4/c1-14(2)29-19-9-4-16(22)12-15(19)13-23-25-21(27)11-10-20(26)24-17-5-7-18(28-3)8-6-17/h4-9,12-14H,10-11H2,1-3H3,(H,24,26)(H,25,27). The van der Waals surface area contributed by atoms with Crippen molar-refractivity contribution in [3.8, 4) is 11.5 Å². The van der Waals surface area contributed by atoms with Gasteiger partial charge in [-0.25, -0.2) is 5.43 Å². The van der Waals surface area contributed by atoms with Crippen LogP contribution in [0, 0.1) is 0 Å². The number of ether oxygens (including phenoxy) is 2. The minimum Gasteiger partial charge on any atom is -0.497 e. The summed E-state index contributed by atoms with van der Waals surface area (Å²) in [6.45, 7) is 3.82. The van der Waals surface area contributed by atoms with Gasteiger partial charge >= 0.3 is 0 Å². The van der Waals surface area contributed by atoms with E-state index in [1.165, 1.54) is 6.21 Å². The summed E-state index contributed by atoms with van der Waals surface area (Å²) in [5.41, 5.74) is 3.68. The Balaban J connectivity index is 1.82. The van der Waals surface area contributed by atoms with Gasteiger partial charge in [0.15, 0.2) is 0 Å². The third kappa shape index (κ3) is 7.83. The van der Waals surface area contributed by atoms with E-state index in [1.807, 2.05) is 13.8 Å². The number of hydrazone groups is 1. The number of amides is 2. The zero-order valence-electron chi connectivity index (χ0n) is 16.6. The second kappa shape index (κ2) is 11.1. The lowest BCUT2D eigenvalue weighted by atomic mass is 10.2. The van der Waals surface area contributed by atoms with Crippen LogP contribution in [-0.2, 0) is 9.59 Å². The van der Waals surface area contributed by atoms with Crippen molar-refractivity contribution in [1.82, 2.24) is 5.43 Å². The number of benzene rings is 2. The molecular weight excluding hydrogens is 394 g/mol. The van der Waals surface area contributed by atoms with E-state index in [1.54, 1.807) is 49.6 Å². The van der Waals surface area contributed by atoms with Gasteiger partial charge in [-0.15, -0.1) is 0 Å². The molecule has 0 saturated carbocycles. The Kier molecular flexibility index (Phi) is 8.48. The molecule has 0 bridgehead atoms. The lowest BCUT2D eigenvalue weighted by Gasteiger charge is -2.12. The molecule has 2 amide bonds. The maximum atomic E-state index is 12.0. The zero-order valence-corrected chi connectivity index (χ0v) is 17.3. The normalized spacial score (nSPS) is 10.8. The fraction of sp³-hybridized carbons (Fsp3) is 0.286. The predicted octanol–water partition coefficient (Wildman–Crippen LogP) is 4.00. The molecule has 0 radical (unpaired) electrons. The fourth-order valence-corrected chi connectivity index (χ4v) is 2.52. The molecule has 7 nitrogen and oxygen atoms in total. The van der Waals surface area contributed by atoms with E-state index < -0.39 is 0 Å². The van der Waals surface area contributed by atoms with Crippen LogP contribution in [0.3, 0.4) is 0 Å². The number of nitrogens with one attached hydrogen (secondary N) is 2. The number of rotatable bonds is 9. The molecule has 29 heavy (non-hydrogen) atoms. The van der Waals surface area contributed by atoms with Crippen LogP contribution in [0.25, 0.3) is 0 Å². The van der Waals surface area contributed by atoms with E-state index in [4.69, 9.17) is 21.1 Å². The highest BCUT2D eigenvalue weighted by atomic mass is 35.5. The van der Waals surface area contributed by atoms with Gasteiger partial charge in [-0.1, -0.05) is 11.6 Å². The van der Waals surface area contributed by atoms with Crippen LogP contribution < -0.4 is 20.2 Å². The highest BCUT2D eigenvalue weighted by molar-refractivity contribution is 6.30. The molecule has 2 N–H and O–H groups in total. The van der Waals surface area contributed by atoms with Crippen LogP contribution in [-0.4, -0.2) is 31.2 Å². The maximum Gasteiger partial charge on any atom is 0.240 e. The molecule has 2 aromatic carbocycles. The molecule has 2 aromatic rings. The number of anilines is 1. The number of halogens is 1. The number of carbonyl (C=O) groups is 2. The predicted molar refractivity (Wildman–Crippen MR) is 114 cm³/mol. The van der Waals surface area contributed by atoms with E-state index >= 15 is 0 Å². The summed E-state index contributed by atoms with van der Waals surface area (Å²) in [5.74, 6) is 0.666. The van der Waals surface area contributed by atoms with Gasteiger partial charge in [0.2, 0.25) is 11.8 Å². The molecule has 0 spiro atoms. The summed E-state index contributed by atoms with van der Waals surface area (Å²) in [4.78, 5) is 23.9. The largest absolute Gasteiger partial charge is 0.497 e. The second-order valence-electron chi connectivity index (χ2n) is 6.42. The summed E-state index contributed by atoms with van der Waals surface area (Å²) in [7, 11) is 1.57. The first-order valence-corrected chi connectivity index (χ1v) is 9.47. The highest BCUT2D eigenvalue weighted by Crippen LogP contribution is 2.22. The highest BCUT2D eigenvalue weighted by Gasteiger charge is 2.08. The van der Waals surface area contributed by atoms with Crippen LogP contribution in [0.2, 0.25) is 5.02 Å². The van der Waals surface area contributed by atoms with Gasteiger partial charge in [0, 0.05) is 29.1 Å². The Hall–Kier alpha value is -3.06. The van der Waals surface area contributed by atoms with E-state index in [0.29, 0.717) is 27.8 Å². The van der Waals surface area contributed by atoms with Crippen LogP contribution in [0.4, 0.5) is 5.69 Å². The van der Waals surface area contributed by atoms with Gasteiger partial charge in [-0.2, -0.15) is 5.10 Å². The lowest BCUT2D eigenvalue weighted by molar-refractivity contribution is -0.124. The summed E-state index contributed by atoms with van der Waals surface area (Å²) < 4.78 is 10.7. The minimum atomic E-state index is -0.375. The molecular formula is C21H24ClN3O4. The van der Waals surface area contributed by atoms with Gasteiger partial charge in [-0.05, 0) is 56.3 Å². The van der Waals surface area contributed by atoms with Crippen molar-refractivity contribution in [2.45, 2.75) is 32.8 Å². The average molecular weight is 418 g/mol. The van der Waals surface area contributed by atoms with Crippen molar-refractivity contribution in [2.75, 3.05) is 12.4 Å². The average Bonchev–Trinajstić information content (AvgIpc) is 2.68. The van der Waals surface area contributed by atoms with Crippen molar-refractivity contribution in [3.05, 3.63) is 53.1 Å². The molecule has 0 aliphatic rings. The molecule has 2 rings (SSSR count). The molecule has 0 aliphatic heterocycles. The Morgan fingerprint density at radius 1 is 1.10 bits per heavy atom. The van der Waals surface area contributed by atoms with E-state index in [0.717, 1.165) is 0 Å². The number of hydrogen-bond donors (Lipinski definition) is 2. The van der Waals surface area contributed by atoms with Crippen LogP contribution in [0.1, 0.15) is 32.3 Å². The van der Waals surface area contributed by atoms with Gasteiger partial charge in [0.1, 0.15) is 11.5 Å². The summed E-state index contributed by atoms with van der Waals surface area (Å²) in [6.07, 6.45) is 1.48. The summed E-state index contributed by atoms with van der Waals surface area (Å²) >= 11 is 6.01. The summed E-state index contributed by atoms with van der Waals surface area (Å²) in [5, 5.41) is 7.17. The van der Waals surface area contributed by atoms with E-state index in [2.05, 4.69) is 15.8 Å². The van der Waals surface area contributed by atoms with E-state index in [-0.39, 0.29) is 30.8 Å². The van der Waals surface area contributed by atoms with Crippen LogP contribution >= 0.6 is 11.6 Å². The smallest absolute Gasteiger partial charge is 0.240 e. The maximum absolute atomic E-state index is 12.0. The molecule has 0 aromatic heterocycles. The third-order valence-electron chi connectivity index (χ3n) is 3.68. The molecule has 0 atom stereocenters. The number of hydrogen-bond acceptors (Lipinski definition) is 5. The Morgan fingerprint density at radius 2 is 1.79 bits per heavy atom. The van der Waals surface area contributed by atoms with Crippen molar-refractivity contribution >= 4 is 35.3 Å². The van der Waals surface area contributed by atoms with Gasteiger partial charge in [0.05, 0.1) is 19.4 Å². The monoisotopic (exact) mass is 417 g/mol. The zero-order chi connectivity index (χ0) is 21.2. The van der Waals surface area contributed by atoms with Gasteiger partial charge in [-0.3, -0.25) is 9.59 Å². The first-order chi connectivity index (χ1) is 13.9. The van der Waals surface area contributed by atoms with Crippen molar-refractivity contribution < 1.29 is 19.1 Å². The number of methoxy groups -OCH3 is 1. The molecule has 0 unspecified atom stereocenters. The SMILES string of the molecule is COc1ccc(NC(=O)CCC(=O)NN=Cc2cc(Cl)ccc2OC(C)C)cc1. The number of nitrogens with zero attached hydrogens (tertiary/aromatic N) is 1. The quantitative estimate of drug-likeness (QED) is 0.476. The molecule has 8 heteroatoms. The first kappa shape index (κ1) is 22.2. The lowest BCUT2D eigenvalue weighted by Crippen LogP contribution is -2.20. The van der Waals surface area contributed by atoms with Crippen LogP contribution in [0.5, 0.6) is 11.5 Å². The molecule has 0 aliphatic carbocycles. The summed E-state index contributed by atoms with van der Waals surface area (Å²) in [6, 6.07) is 12.1. The third-order valence-corrected chi connectivity index (χ3v) is 3.92. The fourth-order valence-electron chi connectivity index (χ4n) is 2.34. The topological polar surface area (TPSA) is 89.0 Å². The Bertz CT molecular complexity index is 867. The molecule has 0 saturated heterocycles. The Labute approximate surface area is 175 Å². The van der Waals surface area contributed by atoms with Crippen molar-refractivity contribution in [3.63, 3.8) is 0 Å². The number of carbonyl (C=O) groups excluding carboxylic acids is 2.